The third-order valence-electron chi connectivity index (χ3n) is 3.91. The van der Waals surface area contributed by atoms with Gasteiger partial charge in [0.25, 0.3) is 5.91 Å². The Labute approximate surface area is 129 Å². The van der Waals surface area contributed by atoms with E-state index in [0.29, 0.717) is 12.0 Å². The van der Waals surface area contributed by atoms with Crippen LogP contribution in [0.25, 0.3) is 0 Å². The van der Waals surface area contributed by atoms with Crippen molar-refractivity contribution in [1.82, 2.24) is 10.2 Å². The molecule has 0 heterocycles. The molecule has 2 rings (SSSR count). The van der Waals surface area contributed by atoms with E-state index in [2.05, 4.69) is 40.2 Å². The Hall–Kier alpha value is -0.870. The molecule has 1 amide bonds. The molecule has 0 spiro atoms. The van der Waals surface area contributed by atoms with Crippen LogP contribution in [0.5, 0.6) is 0 Å². The first-order valence-electron chi connectivity index (χ1n) is 7.27. The molecule has 1 N–H and O–H groups in total. The van der Waals surface area contributed by atoms with Crippen molar-refractivity contribution in [2.75, 3.05) is 20.6 Å². The Kier molecular flexibility index (Phi) is 5.61. The van der Waals surface area contributed by atoms with Gasteiger partial charge in [-0.25, -0.2) is 0 Å². The second-order valence-electron chi connectivity index (χ2n) is 5.90. The van der Waals surface area contributed by atoms with Crippen LogP contribution >= 0.6 is 15.9 Å². The number of hydrogen-bond donors (Lipinski definition) is 1. The zero-order valence-corrected chi connectivity index (χ0v) is 13.8. The first kappa shape index (κ1) is 15.5. The van der Waals surface area contributed by atoms with E-state index < -0.39 is 0 Å². The Bertz CT molecular complexity index is 462. The highest BCUT2D eigenvalue weighted by Crippen LogP contribution is 2.25. The fraction of sp³-hybridized carbons (Fsp3) is 0.562. The molecule has 2 atom stereocenters. The van der Waals surface area contributed by atoms with Gasteiger partial charge in [-0.2, -0.15) is 0 Å². The molecule has 1 saturated carbocycles. The van der Waals surface area contributed by atoms with Gasteiger partial charge >= 0.3 is 0 Å². The number of nitrogens with zero attached hydrogens (tertiary/aromatic N) is 1. The van der Waals surface area contributed by atoms with Crippen LogP contribution < -0.4 is 5.32 Å². The number of carbonyl (C=O) groups excluding carboxylic acids is 1. The van der Waals surface area contributed by atoms with E-state index in [-0.39, 0.29) is 5.91 Å². The lowest BCUT2D eigenvalue weighted by molar-refractivity contribution is 0.0895. The molecule has 4 heteroatoms. The van der Waals surface area contributed by atoms with E-state index in [4.69, 9.17) is 0 Å². The number of nitrogens with one attached hydrogen (secondary N) is 1. The van der Waals surface area contributed by atoms with Gasteiger partial charge in [-0.3, -0.25) is 4.79 Å². The van der Waals surface area contributed by atoms with Crippen molar-refractivity contribution >= 4 is 21.8 Å². The number of benzene rings is 1. The van der Waals surface area contributed by atoms with Crippen molar-refractivity contribution < 1.29 is 4.79 Å². The molecule has 1 aliphatic carbocycles. The van der Waals surface area contributed by atoms with Crippen molar-refractivity contribution in [3.63, 3.8) is 0 Å². The molecule has 110 valence electrons. The van der Waals surface area contributed by atoms with E-state index in [1.807, 2.05) is 24.3 Å². The highest BCUT2D eigenvalue weighted by Gasteiger charge is 2.27. The summed E-state index contributed by atoms with van der Waals surface area (Å²) in [6.45, 7) is 1.05. The molecule has 3 nitrogen and oxygen atoms in total. The summed E-state index contributed by atoms with van der Waals surface area (Å²) < 4.78 is 0.943. The minimum atomic E-state index is 0.0435. The number of hydrogen-bond acceptors (Lipinski definition) is 2. The number of rotatable bonds is 4. The topological polar surface area (TPSA) is 32.3 Å². The average molecular weight is 339 g/mol. The summed E-state index contributed by atoms with van der Waals surface area (Å²) in [5, 5.41) is 3.23. The van der Waals surface area contributed by atoms with Gasteiger partial charge in [-0.15, -0.1) is 0 Å². The van der Waals surface area contributed by atoms with Gasteiger partial charge in [0.05, 0.1) is 0 Å². The third kappa shape index (κ3) is 4.32. The zero-order valence-electron chi connectivity index (χ0n) is 12.2. The normalized spacial score (nSPS) is 22.8. The molecule has 1 aromatic carbocycles. The second-order valence-corrected chi connectivity index (χ2v) is 6.81. The SMILES string of the molecule is CN(C)CC1CCCCC1NC(=O)c1cccc(Br)c1. The summed E-state index contributed by atoms with van der Waals surface area (Å²) in [6, 6.07) is 7.88. The summed E-state index contributed by atoms with van der Waals surface area (Å²) >= 11 is 3.41. The van der Waals surface area contributed by atoms with Gasteiger partial charge in [0.2, 0.25) is 0 Å². The molecular formula is C16H23BrN2O. The standard InChI is InChI=1S/C16H23BrN2O/c1-19(2)11-13-6-3-4-9-15(13)18-16(20)12-7-5-8-14(17)10-12/h5,7-8,10,13,15H,3-4,6,9,11H2,1-2H3,(H,18,20). The molecule has 0 bridgehead atoms. The van der Waals surface area contributed by atoms with Gasteiger partial charge in [-0.1, -0.05) is 34.8 Å². The maximum absolute atomic E-state index is 12.4. The van der Waals surface area contributed by atoms with Crippen LogP contribution in [-0.4, -0.2) is 37.5 Å². The average Bonchev–Trinajstić information content (AvgIpc) is 2.40. The Balaban J connectivity index is 2.01. The van der Waals surface area contributed by atoms with Crippen LogP contribution in [0.1, 0.15) is 36.0 Å². The summed E-state index contributed by atoms with van der Waals surface area (Å²) in [5.41, 5.74) is 0.730. The summed E-state index contributed by atoms with van der Waals surface area (Å²) in [5.74, 6) is 0.608. The molecule has 0 aliphatic heterocycles. The predicted octanol–water partition coefficient (Wildman–Crippen LogP) is 3.30. The van der Waals surface area contributed by atoms with Crippen molar-refractivity contribution in [3.8, 4) is 0 Å². The maximum Gasteiger partial charge on any atom is 0.251 e. The van der Waals surface area contributed by atoms with E-state index in [1.165, 1.54) is 19.3 Å². The van der Waals surface area contributed by atoms with Crippen LogP contribution in [0.3, 0.4) is 0 Å². The Morgan fingerprint density at radius 1 is 1.35 bits per heavy atom. The third-order valence-corrected chi connectivity index (χ3v) is 4.41. The number of halogens is 1. The predicted molar refractivity (Wildman–Crippen MR) is 85.9 cm³/mol. The first-order chi connectivity index (χ1) is 9.56. The number of amides is 1. The molecule has 0 saturated heterocycles. The van der Waals surface area contributed by atoms with Crippen LogP contribution in [-0.2, 0) is 0 Å². The van der Waals surface area contributed by atoms with Crippen molar-refractivity contribution in [3.05, 3.63) is 34.3 Å². The molecule has 0 aromatic heterocycles. The van der Waals surface area contributed by atoms with Crippen LogP contribution in [0.4, 0.5) is 0 Å². The first-order valence-corrected chi connectivity index (χ1v) is 8.06. The zero-order chi connectivity index (χ0) is 14.5. The minimum absolute atomic E-state index is 0.0435. The van der Waals surface area contributed by atoms with Crippen molar-refractivity contribution in [2.24, 2.45) is 5.92 Å². The lowest BCUT2D eigenvalue weighted by Crippen LogP contribution is -2.45. The summed E-state index contributed by atoms with van der Waals surface area (Å²) in [6.07, 6.45) is 4.80. The second kappa shape index (κ2) is 7.23. The maximum atomic E-state index is 12.4. The van der Waals surface area contributed by atoms with Gasteiger partial charge in [0, 0.05) is 22.6 Å². The molecule has 1 aliphatic rings. The van der Waals surface area contributed by atoms with E-state index in [1.54, 1.807) is 0 Å². The lowest BCUT2D eigenvalue weighted by atomic mass is 9.84. The fourth-order valence-corrected chi connectivity index (χ4v) is 3.37. The highest BCUT2D eigenvalue weighted by atomic mass is 79.9. The van der Waals surface area contributed by atoms with Gasteiger partial charge < -0.3 is 10.2 Å². The lowest BCUT2D eigenvalue weighted by Gasteiger charge is -2.34. The summed E-state index contributed by atoms with van der Waals surface area (Å²) in [7, 11) is 4.20. The molecule has 2 unspecified atom stereocenters. The van der Waals surface area contributed by atoms with Crippen LogP contribution in [0.15, 0.2) is 28.7 Å². The fourth-order valence-electron chi connectivity index (χ4n) is 2.97. The van der Waals surface area contributed by atoms with Crippen LogP contribution in [0.2, 0.25) is 0 Å². The van der Waals surface area contributed by atoms with Crippen molar-refractivity contribution in [1.29, 1.82) is 0 Å². The molecule has 20 heavy (non-hydrogen) atoms. The Morgan fingerprint density at radius 2 is 2.10 bits per heavy atom. The smallest absolute Gasteiger partial charge is 0.251 e. The molecule has 1 aromatic rings. The minimum Gasteiger partial charge on any atom is -0.349 e. The largest absolute Gasteiger partial charge is 0.349 e. The van der Waals surface area contributed by atoms with E-state index >= 15 is 0 Å². The quantitative estimate of drug-likeness (QED) is 0.913. The monoisotopic (exact) mass is 338 g/mol. The van der Waals surface area contributed by atoms with Crippen LogP contribution in [0, 0.1) is 5.92 Å². The molecular weight excluding hydrogens is 316 g/mol. The van der Waals surface area contributed by atoms with E-state index in [9.17, 15) is 4.79 Å². The van der Waals surface area contributed by atoms with E-state index in [0.717, 1.165) is 23.0 Å². The number of carbonyl (C=O) groups is 1. The summed E-state index contributed by atoms with van der Waals surface area (Å²) in [4.78, 5) is 14.6. The van der Waals surface area contributed by atoms with Crippen molar-refractivity contribution in [2.45, 2.75) is 31.7 Å². The van der Waals surface area contributed by atoms with Gasteiger partial charge in [0.15, 0.2) is 0 Å². The highest BCUT2D eigenvalue weighted by molar-refractivity contribution is 9.10. The molecule has 0 radical (unpaired) electrons. The van der Waals surface area contributed by atoms with Gasteiger partial charge in [-0.05, 0) is 51.1 Å². The Morgan fingerprint density at radius 3 is 2.80 bits per heavy atom. The van der Waals surface area contributed by atoms with Gasteiger partial charge in [0.1, 0.15) is 0 Å². The molecule has 1 fully saturated rings.